The molecule has 0 saturated heterocycles. The van der Waals surface area contributed by atoms with Crippen molar-refractivity contribution in [1.29, 1.82) is 0 Å². The maximum atomic E-state index is 10.2. The van der Waals surface area contributed by atoms with Gasteiger partial charge in [0.25, 0.3) is 5.70 Å². The summed E-state index contributed by atoms with van der Waals surface area (Å²) in [6, 6.07) is 0. The molecule has 0 saturated carbocycles. The molecule has 0 spiro atoms. The third-order valence-electron chi connectivity index (χ3n) is 1.12. The van der Waals surface area contributed by atoms with Gasteiger partial charge >= 0.3 is 0 Å². The van der Waals surface area contributed by atoms with E-state index in [2.05, 4.69) is 4.99 Å². The molecule has 1 aliphatic rings. The van der Waals surface area contributed by atoms with Gasteiger partial charge in [-0.2, -0.15) is 0 Å². The summed E-state index contributed by atoms with van der Waals surface area (Å²) in [5.74, 6) is 0. The predicted molar refractivity (Wildman–Crippen MR) is 42.1 cm³/mol. The predicted octanol–water partition coefficient (Wildman–Crippen LogP) is 1.70. The third-order valence-corrected chi connectivity index (χ3v) is 1.37. The van der Waals surface area contributed by atoms with Gasteiger partial charge < -0.3 is 0 Å². The zero-order valence-corrected chi connectivity index (χ0v) is 6.28. The Hall–Kier alpha value is -1.16. The van der Waals surface area contributed by atoms with Crippen LogP contribution in [-0.4, -0.2) is 10.1 Å². The molecule has 5 heteroatoms. The molecule has 0 fully saturated rings. The summed E-state index contributed by atoms with van der Waals surface area (Å²) in [4.78, 5) is 13.3. The second-order valence-corrected chi connectivity index (χ2v) is 2.36. The molecule has 0 radical (unpaired) electrons. The highest BCUT2D eigenvalue weighted by Gasteiger charge is 2.07. The van der Waals surface area contributed by atoms with Crippen LogP contribution in [0.4, 0.5) is 0 Å². The molecule has 58 valence electrons. The molecule has 0 N–H and O–H groups in total. The Kier molecular flexibility index (Phi) is 2.38. The highest BCUT2D eigenvalue weighted by molar-refractivity contribution is 6.65. The van der Waals surface area contributed by atoms with Crippen molar-refractivity contribution in [1.82, 2.24) is 0 Å². The normalized spacial score (nSPS) is 16.8. The van der Waals surface area contributed by atoms with E-state index in [0.717, 1.165) is 6.20 Å². The van der Waals surface area contributed by atoms with Crippen molar-refractivity contribution in [3.63, 3.8) is 0 Å². The maximum Gasteiger partial charge on any atom is 0.287 e. The Morgan fingerprint density at radius 2 is 2.45 bits per heavy atom. The molecule has 0 aromatic heterocycles. The van der Waals surface area contributed by atoms with E-state index in [4.69, 9.17) is 11.6 Å². The van der Waals surface area contributed by atoms with Crippen molar-refractivity contribution in [2.24, 2.45) is 4.99 Å². The summed E-state index contributed by atoms with van der Waals surface area (Å²) >= 11 is 5.52. The summed E-state index contributed by atoms with van der Waals surface area (Å²) in [7, 11) is 0. The van der Waals surface area contributed by atoms with Gasteiger partial charge in [-0.3, -0.25) is 10.1 Å². The summed E-state index contributed by atoms with van der Waals surface area (Å²) < 4.78 is 0. The maximum absolute atomic E-state index is 10.2. The van der Waals surface area contributed by atoms with Crippen LogP contribution in [0.2, 0.25) is 0 Å². The Morgan fingerprint density at radius 1 is 1.73 bits per heavy atom. The largest absolute Gasteiger partial charge is 0.287 e. The Bertz CT molecular complexity index is 268. The zero-order chi connectivity index (χ0) is 8.27. The fourth-order valence-corrected chi connectivity index (χ4v) is 0.755. The molecule has 0 aromatic carbocycles. The van der Waals surface area contributed by atoms with Crippen LogP contribution < -0.4 is 0 Å². The van der Waals surface area contributed by atoms with Crippen molar-refractivity contribution < 1.29 is 4.92 Å². The summed E-state index contributed by atoms with van der Waals surface area (Å²) in [6.07, 6.45) is 4.59. The van der Waals surface area contributed by atoms with E-state index in [1.54, 1.807) is 6.08 Å². The molecular weight excluding hydrogens is 168 g/mol. The van der Waals surface area contributed by atoms with E-state index >= 15 is 0 Å². The molecule has 0 bridgehead atoms. The number of hydrogen-bond acceptors (Lipinski definition) is 3. The van der Waals surface area contributed by atoms with Gasteiger partial charge in [-0.25, -0.2) is 4.99 Å². The molecule has 0 aliphatic carbocycles. The smallest absolute Gasteiger partial charge is 0.258 e. The molecule has 11 heavy (non-hydrogen) atoms. The van der Waals surface area contributed by atoms with Gasteiger partial charge in [-0.1, -0.05) is 17.7 Å². The first-order valence-corrected chi connectivity index (χ1v) is 3.31. The van der Waals surface area contributed by atoms with Crippen LogP contribution in [0.5, 0.6) is 0 Å². The Labute approximate surface area is 68.0 Å². The van der Waals surface area contributed by atoms with E-state index in [-0.39, 0.29) is 5.70 Å². The van der Waals surface area contributed by atoms with Crippen molar-refractivity contribution in [3.8, 4) is 0 Å². The lowest BCUT2D eigenvalue weighted by atomic mass is 10.4. The number of aliphatic imine (C=N–C) groups is 1. The lowest BCUT2D eigenvalue weighted by molar-refractivity contribution is -0.419. The van der Waals surface area contributed by atoms with Crippen LogP contribution >= 0.6 is 11.6 Å². The van der Waals surface area contributed by atoms with Crippen LogP contribution in [-0.2, 0) is 0 Å². The highest BCUT2D eigenvalue weighted by atomic mass is 35.5. The second-order valence-electron chi connectivity index (χ2n) is 1.92. The van der Waals surface area contributed by atoms with Crippen LogP contribution in [0.15, 0.2) is 29.0 Å². The van der Waals surface area contributed by atoms with Gasteiger partial charge in [-0.05, 0) is 0 Å². The van der Waals surface area contributed by atoms with Crippen molar-refractivity contribution in [2.75, 3.05) is 0 Å². The van der Waals surface area contributed by atoms with Crippen LogP contribution in [0.25, 0.3) is 0 Å². The highest BCUT2D eigenvalue weighted by Crippen LogP contribution is 2.07. The number of rotatable bonds is 1. The van der Waals surface area contributed by atoms with Crippen LogP contribution in [0.1, 0.15) is 6.42 Å². The van der Waals surface area contributed by atoms with Gasteiger partial charge in [-0.15, -0.1) is 0 Å². The fourth-order valence-electron chi connectivity index (χ4n) is 0.617. The van der Waals surface area contributed by atoms with E-state index in [1.807, 2.05) is 0 Å². The SMILES string of the molecule is O=[N+]([O-])C1=CN=C(Cl)CC=C1. The second kappa shape index (κ2) is 3.30. The lowest BCUT2D eigenvalue weighted by Gasteiger charge is -1.84. The zero-order valence-electron chi connectivity index (χ0n) is 5.53. The Balaban J connectivity index is 2.89. The first-order chi connectivity index (χ1) is 5.20. The van der Waals surface area contributed by atoms with Crippen molar-refractivity contribution in [3.05, 3.63) is 34.2 Å². The van der Waals surface area contributed by atoms with Gasteiger partial charge in [0.15, 0.2) is 0 Å². The molecule has 1 heterocycles. The first kappa shape index (κ1) is 7.94. The first-order valence-electron chi connectivity index (χ1n) is 2.93. The molecule has 0 amide bonds. The van der Waals surface area contributed by atoms with Gasteiger partial charge in [0.1, 0.15) is 11.4 Å². The van der Waals surface area contributed by atoms with E-state index in [0.29, 0.717) is 11.6 Å². The van der Waals surface area contributed by atoms with E-state index < -0.39 is 4.92 Å². The minimum Gasteiger partial charge on any atom is -0.258 e. The van der Waals surface area contributed by atoms with Crippen LogP contribution in [0.3, 0.4) is 0 Å². The monoisotopic (exact) mass is 172 g/mol. The third kappa shape index (κ3) is 2.16. The number of hydrogen-bond donors (Lipinski definition) is 0. The molecule has 0 unspecified atom stereocenters. The average molecular weight is 173 g/mol. The number of allylic oxidation sites excluding steroid dienone is 2. The molecule has 0 aromatic rings. The molecular formula is C6H5ClN2O2. The van der Waals surface area contributed by atoms with Gasteiger partial charge in [0, 0.05) is 12.5 Å². The summed E-state index contributed by atoms with van der Waals surface area (Å²) in [5, 5.41) is 10.5. The summed E-state index contributed by atoms with van der Waals surface area (Å²) in [5.41, 5.74) is -0.0411. The number of nitro groups is 1. The Morgan fingerprint density at radius 3 is 3.09 bits per heavy atom. The number of nitrogens with zero attached hydrogens (tertiary/aromatic N) is 2. The standard InChI is InChI=1S/C6H5ClN2O2/c7-6-3-1-2-5(4-8-6)9(10)11/h1-2,4H,3H2. The van der Waals surface area contributed by atoms with Gasteiger partial charge in [0.2, 0.25) is 0 Å². The average Bonchev–Trinajstić information content (AvgIpc) is 2.13. The quantitative estimate of drug-likeness (QED) is 0.447. The molecule has 1 rings (SSSR count). The summed E-state index contributed by atoms with van der Waals surface area (Å²) in [6.45, 7) is 0. The van der Waals surface area contributed by atoms with E-state index in [1.165, 1.54) is 6.08 Å². The lowest BCUT2D eigenvalue weighted by Crippen LogP contribution is -1.93. The van der Waals surface area contributed by atoms with Crippen molar-refractivity contribution in [2.45, 2.75) is 6.42 Å². The minimum absolute atomic E-state index is 0.0411. The van der Waals surface area contributed by atoms with Crippen molar-refractivity contribution >= 4 is 16.8 Å². The minimum atomic E-state index is -0.504. The topological polar surface area (TPSA) is 55.5 Å². The fraction of sp³-hybridized carbons (Fsp3) is 0.167. The van der Waals surface area contributed by atoms with E-state index in [9.17, 15) is 10.1 Å². The van der Waals surface area contributed by atoms with Crippen LogP contribution in [0, 0.1) is 10.1 Å². The molecule has 4 nitrogen and oxygen atoms in total. The molecule has 0 atom stereocenters. The molecule has 1 aliphatic heterocycles. The van der Waals surface area contributed by atoms with Gasteiger partial charge in [0.05, 0.1) is 4.92 Å². The number of halogens is 1.